The monoisotopic (exact) mass is 380 g/mol. The van der Waals surface area contributed by atoms with Crippen molar-refractivity contribution in [1.29, 1.82) is 0 Å². The van der Waals surface area contributed by atoms with Gasteiger partial charge in [0.05, 0.1) is 12.3 Å². The molecule has 3 heterocycles. The lowest BCUT2D eigenvalue weighted by molar-refractivity contribution is -0.117. The van der Waals surface area contributed by atoms with Gasteiger partial charge in [0.15, 0.2) is 0 Å². The van der Waals surface area contributed by atoms with E-state index < -0.39 is 0 Å². The Balaban J connectivity index is 0.00000196. The van der Waals surface area contributed by atoms with Gasteiger partial charge in [0.2, 0.25) is 5.91 Å². The van der Waals surface area contributed by atoms with E-state index in [4.69, 9.17) is 9.47 Å². The second-order valence-electron chi connectivity index (χ2n) is 7.75. The van der Waals surface area contributed by atoms with Gasteiger partial charge < -0.3 is 20.1 Å². The Morgan fingerprint density at radius 2 is 2.04 bits per heavy atom. The van der Waals surface area contributed by atoms with E-state index in [0.29, 0.717) is 31.0 Å². The molecule has 2 fully saturated rings. The molecule has 3 atom stereocenters. The van der Waals surface area contributed by atoms with Crippen LogP contribution in [0.4, 0.5) is 5.69 Å². The van der Waals surface area contributed by atoms with E-state index in [1.165, 1.54) is 12.8 Å². The minimum Gasteiger partial charge on any atom is -0.492 e. The molecule has 4 rings (SSSR count). The number of carbonyl (C=O) groups is 1. The van der Waals surface area contributed by atoms with Gasteiger partial charge in [-0.2, -0.15) is 0 Å². The number of hydrogen-bond acceptors (Lipinski definition) is 4. The first kappa shape index (κ1) is 19.3. The van der Waals surface area contributed by atoms with Crippen molar-refractivity contribution in [2.75, 3.05) is 11.9 Å². The average Bonchev–Trinajstić information content (AvgIpc) is 3.08. The zero-order valence-corrected chi connectivity index (χ0v) is 16.4. The van der Waals surface area contributed by atoms with Crippen molar-refractivity contribution in [2.45, 2.75) is 70.6 Å². The first-order chi connectivity index (χ1) is 12.1. The summed E-state index contributed by atoms with van der Waals surface area (Å²) in [4.78, 5) is 12.6. The molecule has 0 saturated carbocycles. The van der Waals surface area contributed by atoms with Crippen molar-refractivity contribution in [3.05, 3.63) is 17.7 Å². The third-order valence-electron chi connectivity index (χ3n) is 5.62. The van der Waals surface area contributed by atoms with E-state index in [-0.39, 0.29) is 24.4 Å². The van der Waals surface area contributed by atoms with E-state index in [9.17, 15) is 4.79 Å². The molecular weight excluding hydrogens is 352 g/mol. The third-order valence-corrected chi connectivity index (χ3v) is 5.62. The first-order valence-electron chi connectivity index (χ1n) is 9.63. The smallest absolute Gasteiger partial charge is 0.224 e. The highest BCUT2D eigenvalue weighted by atomic mass is 35.5. The molecule has 1 aromatic carbocycles. The molecule has 2 N–H and O–H groups in total. The SMILES string of the molecule is CCOc1cc2c(cc1NC(=O)CC1CC3CCC(C1)N3)OC(C)C2.Cl. The summed E-state index contributed by atoms with van der Waals surface area (Å²) in [6.07, 6.45) is 6.42. The Morgan fingerprint density at radius 1 is 1.31 bits per heavy atom. The molecule has 0 spiro atoms. The number of carbonyl (C=O) groups excluding carboxylic acids is 1. The first-order valence-corrected chi connectivity index (χ1v) is 9.63. The van der Waals surface area contributed by atoms with E-state index in [0.717, 1.165) is 42.0 Å². The van der Waals surface area contributed by atoms with Crippen LogP contribution >= 0.6 is 12.4 Å². The standard InChI is InChI=1S/C20H28N2O3.ClH/c1-3-24-19-10-14-6-12(2)25-18(14)11-17(19)22-20(23)9-13-7-15-4-5-16(8-13)21-15;/h10-13,15-16,21H,3-9H2,1-2H3,(H,22,23);1H. The highest BCUT2D eigenvalue weighted by Crippen LogP contribution is 2.38. The molecule has 3 aliphatic heterocycles. The van der Waals surface area contributed by atoms with Crippen LogP contribution < -0.4 is 20.1 Å². The zero-order chi connectivity index (χ0) is 17.4. The fourth-order valence-corrected chi connectivity index (χ4v) is 4.62. The number of piperidine rings is 1. The zero-order valence-electron chi connectivity index (χ0n) is 15.5. The number of ether oxygens (including phenoxy) is 2. The molecule has 3 unspecified atom stereocenters. The molecule has 2 bridgehead atoms. The van der Waals surface area contributed by atoms with Crippen LogP contribution in [0.5, 0.6) is 11.5 Å². The average molecular weight is 381 g/mol. The lowest BCUT2D eigenvalue weighted by Crippen LogP contribution is -2.39. The molecule has 1 aromatic rings. The van der Waals surface area contributed by atoms with Crippen molar-refractivity contribution < 1.29 is 14.3 Å². The predicted molar refractivity (Wildman–Crippen MR) is 105 cm³/mol. The van der Waals surface area contributed by atoms with Gasteiger partial charge in [-0.15, -0.1) is 12.4 Å². The van der Waals surface area contributed by atoms with Crippen LogP contribution in [0.2, 0.25) is 0 Å². The second kappa shape index (κ2) is 8.05. The van der Waals surface area contributed by atoms with Gasteiger partial charge in [0.25, 0.3) is 0 Å². The summed E-state index contributed by atoms with van der Waals surface area (Å²) in [5, 5.41) is 6.71. The normalized spacial score (nSPS) is 28.7. The number of nitrogens with one attached hydrogen (secondary N) is 2. The summed E-state index contributed by atoms with van der Waals surface area (Å²) in [5.74, 6) is 2.18. The molecule has 0 aromatic heterocycles. The highest BCUT2D eigenvalue weighted by Gasteiger charge is 2.34. The molecular formula is C20H29ClN2O3. The van der Waals surface area contributed by atoms with Gasteiger partial charge in [-0.3, -0.25) is 4.79 Å². The van der Waals surface area contributed by atoms with Gasteiger partial charge in [-0.25, -0.2) is 0 Å². The van der Waals surface area contributed by atoms with Crippen LogP contribution in [0.15, 0.2) is 12.1 Å². The summed E-state index contributed by atoms with van der Waals surface area (Å²) >= 11 is 0. The highest BCUT2D eigenvalue weighted by molar-refractivity contribution is 5.93. The minimum atomic E-state index is 0. The fraction of sp³-hybridized carbons (Fsp3) is 0.650. The van der Waals surface area contributed by atoms with Crippen molar-refractivity contribution in [3.8, 4) is 11.5 Å². The van der Waals surface area contributed by atoms with E-state index in [1.54, 1.807) is 0 Å². The summed E-state index contributed by atoms with van der Waals surface area (Å²) < 4.78 is 11.6. The Morgan fingerprint density at radius 3 is 2.73 bits per heavy atom. The molecule has 0 radical (unpaired) electrons. The lowest BCUT2D eigenvalue weighted by atomic mass is 9.89. The number of anilines is 1. The summed E-state index contributed by atoms with van der Waals surface area (Å²) in [7, 11) is 0. The summed E-state index contributed by atoms with van der Waals surface area (Å²) in [6.45, 7) is 4.60. The van der Waals surface area contributed by atoms with Crippen LogP contribution in [0.3, 0.4) is 0 Å². The van der Waals surface area contributed by atoms with E-state index in [2.05, 4.69) is 17.6 Å². The van der Waals surface area contributed by atoms with Gasteiger partial charge >= 0.3 is 0 Å². The van der Waals surface area contributed by atoms with E-state index in [1.807, 2.05) is 19.1 Å². The topological polar surface area (TPSA) is 59.6 Å². The molecule has 2 saturated heterocycles. The van der Waals surface area contributed by atoms with Crippen molar-refractivity contribution in [3.63, 3.8) is 0 Å². The Labute approximate surface area is 161 Å². The van der Waals surface area contributed by atoms with Crippen LogP contribution in [0.25, 0.3) is 0 Å². The maximum Gasteiger partial charge on any atom is 0.224 e. The maximum atomic E-state index is 12.6. The molecule has 5 nitrogen and oxygen atoms in total. The number of amides is 1. The van der Waals surface area contributed by atoms with Gasteiger partial charge in [-0.1, -0.05) is 0 Å². The van der Waals surface area contributed by atoms with Crippen LogP contribution in [-0.2, 0) is 11.2 Å². The fourth-order valence-electron chi connectivity index (χ4n) is 4.62. The van der Waals surface area contributed by atoms with Crippen LogP contribution in [0, 0.1) is 5.92 Å². The van der Waals surface area contributed by atoms with Crippen molar-refractivity contribution in [2.24, 2.45) is 5.92 Å². The molecule has 6 heteroatoms. The minimum absolute atomic E-state index is 0. The summed E-state index contributed by atoms with van der Waals surface area (Å²) in [5.41, 5.74) is 1.89. The van der Waals surface area contributed by atoms with Crippen LogP contribution in [-0.4, -0.2) is 30.7 Å². The van der Waals surface area contributed by atoms with Crippen molar-refractivity contribution >= 4 is 24.0 Å². The van der Waals surface area contributed by atoms with Gasteiger partial charge in [0, 0.05) is 36.6 Å². The quantitative estimate of drug-likeness (QED) is 0.817. The maximum absolute atomic E-state index is 12.6. The second-order valence-corrected chi connectivity index (χ2v) is 7.75. The predicted octanol–water partition coefficient (Wildman–Crippen LogP) is 3.69. The Kier molecular flexibility index (Phi) is 5.98. The molecule has 3 aliphatic rings. The molecule has 0 aliphatic carbocycles. The summed E-state index contributed by atoms with van der Waals surface area (Å²) in [6, 6.07) is 5.17. The number of fused-ring (bicyclic) bond motifs is 3. The lowest BCUT2D eigenvalue weighted by Gasteiger charge is -2.28. The number of benzene rings is 1. The van der Waals surface area contributed by atoms with Gasteiger partial charge in [0.1, 0.15) is 17.6 Å². The Hall–Kier alpha value is -1.46. The number of hydrogen-bond donors (Lipinski definition) is 2. The largest absolute Gasteiger partial charge is 0.492 e. The molecule has 26 heavy (non-hydrogen) atoms. The van der Waals surface area contributed by atoms with Crippen LogP contribution in [0.1, 0.15) is 51.5 Å². The number of rotatable bonds is 5. The van der Waals surface area contributed by atoms with E-state index >= 15 is 0 Å². The molecule has 1 amide bonds. The van der Waals surface area contributed by atoms with Gasteiger partial charge in [-0.05, 0) is 51.5 Å². The van der Waals surface area contributed by atoms with Crippen molar-refractivity contribution in [1.82, 2.24) is 5.32 Å². The third kappa shape index (κ3) is 4.09. The number of halogens is 1. The Bertz CT molecular complexity index is 655. The molecule has 144 valence electrons.